The molecule has 0 bridgehead atoms. The molecule has 0 unspecified atom stereocenters. The van der Waals surface area contributed by atoms with Gasteiger partial charge in [0.2, 0.25) is 0 Å². The van der Waals surface area contributed by atoms with Crippen LogP contribution in [-0.4, -0.2) is 33.1 Å². The number of anilines is 1. The number of carbonyl (C=O) groups is 2. The largest absolute Gasteiger partial charge is 0.452 e. The van der Waals surface area contributed by atoms with E-state index < -0.39 is 18.5 Å². The van der Waals surface area contributed by atoms with Gasteiger partial charge < -0.3 is 10.1 Å². The molecule has 9 heteroatoms. The zero-order valence-electron chi connectivity index (χ0n) is 13.0. The average Bonchev–Trinajstić information content (AvgIpc) is 2.92. The second-order valence-corrected chi connectivity index (χ2v) is 5.88. The van der Waals surface area contributed by atoms with E-state index in [1.165, 1.54) is 4.52 Å². The molecule has 2 aromatic heterocycles. The molecule has 0 spiro atoms. The van der Waals surface area contributed by atoms with Crippen molar-refractivity contribution in [3.63, 3.8) is 0 Å². The maximum absolute atomic E-state index is 12.3. The van der Waals surface area contributed by atoms with Crippen molar-refractivity contribution in [2.45, 2.75) is 6.92 Å². The minimum absolute atomic E-state index is 0.212. The maximum Gasteiger partial charge on any atom is 0.344 e. The molecule has 1 aromatic carbocycles. The van der Waals surface area contributed by atoms with Crippen molar-refractivity contribution in [2.24, 2.45) is 0 Å². The topological polar surface area (TPSA) is 85.6 Å². The fraction of sp³-hybridized carbons (Fsp3) is 0.125. The van der Waals surface area contributed by atoms with Crippen LogP contribution < -0.4 is 5.32 Å². The SMILES string of the molecule is Cc1nn2cccnc2c1C(=O)OCC(=O)Nc1c(Cl)cccc1Cl. The van der Waals surface area contributed by atoms with Crippen molar-refractivity contribution in [3.05, 3.63) is 58.0 Å². The van der Waals surface area contributed by atoms with Crippen molar-refractivity contribution in [1.82, 2.24) is 14.6 Å². The van der Waals surface area contributed by atoms with E-state index in [0.717, 1.165) is 0 Å². The van der Waals surface area contributed by atoms with Crippen LogP contribution in [0.2, 0.25) is 10.0 Å². The molecule has 2 heterocycles. The first kappa shape index (κ1) is 17.2. The van der Waals surface area contributed by atoms with Gasteiger partial charge in [0.05, 0.1) is 21.4 Å². The molecule has 0 aliphatic heterocycles. The Balaban J connectivity index is 1.70. The molecule has 3 aromatic rings. The van der Waals surface area contributed by atoms with Gasteiger partial charge in [-0.2, -0.15) is 5.10 Å². The van der Waals surface area contributed by atoms with Crippen molar-refractivity contribution in [2.75, 3.05) is 11.9 Å². The Labute approximate surface area is 152 Å². The number of ether oxygens (including phenoxy) is 1. The molecule has 0 aliphatic rings. The molecule has 0 saturated heterocycles. The number of halogens is 2. The lowest BCUT2D eigenvalue weighted by Gasteiger charge is -2.09. The van der Waals surface area contributed by atoms with Crippen LogP contribution in [0.25, 0.3) is 5.65 Å². The Hall–Kier alpha value is -2.64. The first-order chi connectivity index (χ1) is 12.0. The fourth-order valence-corrected chi connectivity index (χ4v) is 2.72. The van der Waals surface area contributed by atoms with Gasteiger partial charge in [-0.3, -0.25) is 4.79 Å². The maximum atomic E-state index is 12.3. The number of nitrogens with zero attached hydrogens (tertiary/aromatic N) is 3. The zero-order chi connectivity index (χ0) is 18.0. The number of benzene rings is 1. The van der Waals surface area contributed by atoms with Gasteiger partial charge in [-0.05, 0) is 25.1 Å². The van der Waals surface area contributed by atoms with Gasteiger partial charge >= 0.3 is 5.97 Å². The van der Waals surface area contributed by atoms with Crippen LogP contribution in [0.3, 0.4) is 0 Å². The van der Waals surface area contributed by atoms with Crippen LogP contribution in [0.5, 0.6) is 0 Å². The number of hydrogen-bond acceptors (Lipinski definition) is 5. The molecule has 25 heavy (non-hydrogen) atoms. The molecule has 0 radical (unpaired) electrons. The molecule has 0 fully saturated rings. The molecular formula is C16H12Cl2N4O3. The van der Waals surface area contributed by atoms with Crippen LogP contribution in [-0.2, 0) is 9.53 Å². The predicted octanol–water partition coefficient (Wildman–Crippen LogP) is 3.14. The van der Waals surface area contributed by atoms with Gasteiger partial charge in [0, 0.05) is 12.4 Å². The van der Waals surface area contributed by atoms with Crippen LogP contribution in [0.4, 0.5) is 5.69 Å². The second kappa shape index (κ2) is 7.08. The van der Waals surface area contributed by atoms with Crippen molar-refractivity contribution < 1.29 is 14.3 Å². The number of fused-ring (bicyclic) bond motifs is 1. The molecule has 128 valence electrons. The van der Waals surface area contributed by atoms with Crippen LogP contribution >= 0.6 is 23.2 Å². The lowest BCUT2D eigenvalue weighted by molar-refractivity contribution is -0.119. The third-order valence-electron chi connectivity index (χ3n) is 3.34. The first-order valence-electron chi connectivity index (χ1n) is 7.18. The summed E-state index contributed by atoms with van der Waals surface area (Å²) >= 11 is 12.0. The summed E-state index contributed by atoms with van der Waals surface area (Å²) in [5, 5.41) is 7.26. The lowest BCUT2D eigenvalue weighted by Crippen LogP contribution is -2.21. The van der Waals surface area contributed by atoms with Gasteiger partial charge in [0.1, 0.15) is 5.56 Å². The lowest BCUT2D eigenvalue weighted by atomic mass is 10.2. The highest BCUT2D eigenvalue weighted by atomic mass is 35.5. The smallest absolute Gasteiger partial charge is 0.344 e. The number of rotatable bonds is 4. The van der Waals surface area contributed by atoms with Gasteiger partial charge in [0.25, 0.3) is 5.91 Å². The van der Waals surface area contributed by atoms with Gasteiger partial charge in [-0.25, -0.2) is 14.3 Å². The number of aryl methyl sites for hydroxylation is 1. The molecule has 7 nitrogen and oxygen atoms in total. The number of aromatic nitrogens is 3. The number of amides is 1. The van der Waals surface area contributed by atoms with Crippen molar-refractivity contribution >= 4 is 46.4 Å². The molecular weight excluding hydrogens is 367 g/mol. The summed E-state index contributed by atoms with van der Waals surface area (Å²) in [6, 6.07) is 6.52. The molecule has 0 atom stereocenters. The first-order valence-corrected chi connectivity index (χ1v) is 7.94. The Morgan fingerprint density at radius 3 is 2.68 bits per heavy atom. The Morgan fingerprint density at radius 2 is 1.96 bits per heavy atom. The minimum Gasteiger partial charge on any atom is -0.452 e. The summed E-state index contributed by atoms with van der Waals surface area (Å²) in [4.78, 5) is 28.4. The summed E-state index contributed by atoms with van der Waals surface area (Å²) in [6.07, 6.45) is 3.21. The molecule has 0 saturated carbocycles. The van der Waals surface area contributed by atoms with Gasteiger partial charge in [-0.1, -0.05) is 29.3 Å². The van der Waals surface area contributed by atoms with Gasteiger partial charge in [0.15, 0.2) is 12.3 Å². The van der Waals surface area contributed by atoms with Crippen LogP contribution in [0, 0.1) is 6.92 Å². The van der Waals surface area contributed by atoms with E-state index in [-0.39, 0.29) is 21.3 Å². The highest BCUT2D eigenvalue weighted by molar-refractivity contribution is 6.39. The molecule has 1 N–H and O–H groups in total. The number of carbonyl (C=O) groups excluding carboxylic acids is 2. The summed E-state index contributed by atoms with van der Waals surface area (Å²) in [6.45, 7) is 1.17. The zero-order valence-corrected chi connectivity index (χ0v) is 14.5. The summed E-state index contributed by atoms with van der Waals surface area (Å²) < 4.78 is 6.53. The normalized spacial score (nSPS) is 10.7. The third-order valence-corrected chi connectivity index (χ3v) is 3.97. The standard InChI is InChI=1S/C16H12Cl2N4O3/c1-9-13(15-19-6-3-7-22(15)21-9)16(24)25-8-12(23)20-14-10(17)4-2-5-11(14)18/h2-7H,8H2,1H3,(H,20,23). The fourth-order valence-electron chi connectivity index (χ4n) is 2.23. The number of para-hydroxylation sites is 1. The number of nitrogens with one attached hydrogen (secondary N) is 1. The van der Waals surface area contributed by atoms with Gasteiger partial charge in [-0.15, -0.1) is 0 Å². The third kappa shape index (κ3) is 3.57. The second-order valence-electron chi connectivity index (χ2n) is 5.07. The minimum atomic E-state index is -0.688. The Morgan fingerprint density at radius 1 is 1.24 bits per heavy atom. The molecule has 0 aliphatic carbocycles. The van der Waals surface area contributed by atoms with E-state index in [1.54, 1.807) is 43.6 Å². The number of hydrogen-bond donors (Lipinski definition) is 1. The highest BCUT2D eigenvalue weighted by Gasteiger charge is 2.20. The average molecular weight is 379 g/mol. The van der Waals surface area contributed by atoms with Crippen molar-refractivity contribution in [3.8, 4) is 0 Å². The van der Waals surface area contributed by atoms with E-state index in [2.05, 4.69) is 15.4 Å². The van der Waals surface area contributed by atoms with E-state index in [0.29, 0.717) is 11.3 Å². The van der Waals surface area contributed by atoms with Crippen LogP contribution in [0.1, 0.15) is 16.1 Å². The number of esters is 1. The van der Waals surface area contributed by atoms with Crippen molar-refractivity contribution in [1.29, 1.82) is 0 Å². The van der Waals surface area contributed by atoms with Crippen LogP contribution in [0.15, 0.2) is 36.7 Å². The highest BCUT2D eigenvalue weighted by Crippen LogP contribution is 2.29. The molecule has 3 rings (SSSR count). The monoisotopic (exact) mass is 378 g/mol. The Kier molecular flexibility index (Phi) is 4.87. The Bertz CT molecular complexity index is 951. The van der Waals surface area contributed by atoms with E-state index >= 15 is 0 Å². The quantitative estimate of drug-likeness (QED) is 0.704. The summed E-state index contributed by atoms with van der Waals surface area (Å²) in [5.74, 6) is -1.25. The van der Waals surface area contributed by atoms with E-state index in [1.807, 2.05) is 0 Å². The van der Waals surface area contributed by atoms with E-state index in [4.69, 9.17) is 27.9 Å². The molecule has 1 amide bonds. The summed E-state index contributed by atoms with van der Waals surface area (Å²) in [5.41, 5.74) is 1.29. The van der Waals surface area contributed by atoms with E-state index in [9.17, 15) is 9.59 Å². The predicted molar refractivity (Wildman–Crippen MR) is 93.1 cm³/mol. The summed E-state index contributed by atoms with van der Waals surface area (Å²) in [7, 11) is 0.